The average molecular weight is 370 g/mol. The minimum absolute atomic E-state index is 0.0699. The average Bonchev–Trinajstić information content (AvgIpc) is 2.68. The highest BCUT2D eigenvalue weighted by atomic mass is 19.1. The van der Waals surface area contributed by atoms with E-state index in [0.29, 0.717) is 18.7 Å². The van der Waals surface area contributed by atoms with E-state index in [9.17, 15) is 18.8 Å². The van der Waals surface area contributed by atoms with Gasteiger partial charge >= 0.3 is 0 Å². The summed E-state index contributed by atoms with van der Waals surface area (Å²) in [4.78, 5) is 40.8. The molecule has 0 saturated heterocycles. The number of carbonyl (C=O) groups excluding carboxylic acids is 3. The van der Waals surface area contributed by atoms with Crippen molar-refractivity contribution in [2.45, 2.75) is 13.8 Å². The Balaban J connectivity index is 2.26. The van der Waals surface area contributed by atoms with E-state index in [4.69, 9.17) is 0 Å². The lowest BCUT2D eigenvalue weighted by atomic mass is 9.97. The minimum atomic E-state index is -0.439. The van der Waals surface area contributed by atoms with E-state index in [-0.39, 0.29) is 29.4 Å². The molecule has 0 aliphatic heterocycles. The maximum absolute atomic E-state index is 13.1. The molecule has 0 fully saturated rings. The molecule has 0 bridgehead atoms. The molecule has 0 N–H and O–H groups in total. The highest BCUT2D eigenvalue weighted by Crippen LogP contribution is 2.17. The summed E-state index contributed by atoms with van der Waals surface area (Å²) < 4.78 is 13.1. The van der Waals surface area contributed by atoms with Gasteiger partial charge in [-0.2, -0.15) is 0 Å². The molecule has 0 radical (unpaired) electrons. The Labute approximate surface area is 158 Å². The van der Waals surface area contributed by atoms with E-state index in [1.54, 1.807) is 29.2 Å². The predicted molar refractivity (Wildman–Crippen MR) is 101 cm³/mol. The van der Waals surface area contributed by atoms with Crippen LogP contribution in [0, 0.1) is 5.82 Å². The number of rotatable bonds is 7. The fourth-order valence-electron chi connectivity index (χ4n) is 2.78. The van der Waals surface area contributed by atoms with Crippen LogP contribution in [0.15, 0.2) is 48.5 Å². The van der Waals surface area contributed by atoms with Gasteiger partial charge in [-0.3, -0.25) is 14.4 Å². The van der Waals surface area contributed by atoms with Crippen LogP contribution in [0.25, 0.3) is 0 Å². The van der Waals surface area contributed by atoms with Crippen molar-refractivity contribution in [1.29, 1.82) is 0 Å². The van der Waals surface area contributed by atoms with Crippen LogP contribution in [0.1, 0.15) is 40.1 Å². The van der Waals surface area contributed by atoms with Gasteiger partial charge in [0.25, 0.3) is 5.91 Å². The molecule has 2 amide bonds. The molecule has 0 heterocycles. The first-order valence-electron chi connectivity index (χ1n) is 8.81. The van der Waals surface area contributed by atoms with Crippen molar-refractivity contribution in [1.82, 2.24) is 9.80 Å². The second-order valence-electron chi connectivity index (χ2n) is 6.11. The quantitative estimate of drug-likeness (QED) is 0.704. The molecule has 0 atom stereocenters. The van der Waals surface area contributed by atoms with Crippen molar-refractivity contribution < 1.29 is 18.8 Å². The SMILES string of the molecule is CCN(CC)C(=O)CN(C)C(=O)c1ccccc1C(=O)c1ccc(F)cc1. The largest absolute Gasteiger partial charge is 0.342 e. The number of amides is 2. The molecule has 2 aromatic rings. The van der Waals surface area contributed by atoms with Gasteiger partial charge in [0.15, 0.2) is 5.78 Å². The number of hydrogen-bond acceptors (Lipinski definition) is 3. The van der Waals surface area contributed by atoms with Gasteiger partial charge in [0.1, 0.15) is 5.82 Å². The Kier molecular flexibility index (Phi) is 6.82. The molecule has 0 aliphatic carbocycles. The molecule has 5 nitrogen and oxygen atoms in total. The third-order valence-electron chi connectivity index (χ3n) is 4.34. The maximum Gasteiger partial charge on any atom is 0.254 e. The van der Waals surface area contributed by atoms with E-state index in [0.717, 1.165) is 0 Å². The summed E-state index contributed by atoms with van der Waals surface area (Å²) in [5, 5.41) is 0. The molecular weight excluding hydrogens is 347 g/mol. The van der Waals surface area contributed by atoms with E-state index in [2.05, 4.69) is 0 Å². The van der Waals surface area contributed by atoms with Gasteiger partial charge in [-0.25, -0.2) is 4.39 Å². The van der Waals surface area contributed by atoms with Crippen LogP contribution in [0.4, 0.5) is 4.39 Å². The summed E-state index contributed by atoms with van der Waals surface area (Å²) >= 11 is 0. The molecule has 142 valence electrons. The molecule has 6 heteroatoms. The van der Waals surface area contributed by atoms with Crippen LogP contribution < -0.4 is 0 Å². The number of nitrogens with zero attached hydrogens (tertiary/aromatic N) is 2. The summed E-state index contributed by atoms with van der Waals surface area (Å²) in [6, 6.07) is 11.6. The Morgan fingerprint density at radius 3 is 2.00 bits per heavy atom. The van der Waals surface area contributed by atoms with Crippen molar-refractivity contribution in [2.75, 3.05) is 26.7 Å². The summed E-state index contributed by atoms with van der Waals surface area (Å²) in [5.74, 6) is -1.38. The van der Waals surface area contributed by atoms with E-state index in [1.165, 1.54) is 36.2 Å². The Morgan fingerprint density at radius 2 is 1.44 bits per heavy atom. The van der Waals surface area contributed by atoms with Gasteiger partial charge < -0.3 is 9.80 Å². The van der Waals surface area contributed by atoms with Crippen LogP contribution in [0.5, 0.6) is 0 Å². The van der Waals surface area contributed by atoms with Gasteiger partial charge in [0.2, 0.25) is 5.91 Å². The number of hydrogen-bond donors (Lipinski definition) is 0. The zero-order valence-electron chi connectivity index (χ0n) is 15.7. The van der Waals surface area contributed by atoms with Crippen molar-refractivity contribution in [3.63, 3.8) is 0 Å². The summed E-state index contributed by atoms with van der Waals surface area (Å²) in [5.41, 5.74) is 0.719. The van der Waals surface area contributed by atoms with Crippen LogP contribution in [-0.2, 0) is 4.79 Å². The Bertz CT molecular complexity index is 830. The minimum Gasteiger partial charge on any atom is -0.342 e. The zero-order valence-corrected chi connectivity index (χ0v) is 15.7. The first-order chi connectivity index (χ1) is 12.9. The van der Waals surface area contributed by atoms with E-state index < -0.39 is 11.7 Å². The zero-order chi connectivity index (χ0) is 20.0. The number of likely N-dealkylation sites (N-methyl/N-ethyl adjacent to an activating group) is 2. The molecule has 0 aliphatic rings. The summed E-state index contributed by atoms with van der Waals surface area (Å²) in [6.45, 7) is 4.81. The number of carbonyl (C=O) groups is 3. The van der Waals surface area contributed by atoms with Gasteiger partial charge in [-0.15, -0.1) is 0 Å². The highest BCUT2D eigenvalue weighted by Gasteiger charge is 2.23. The second-order valence-corrected chi connectivity index (χ2v) is 6.11. The van der Waals surface area contributed by atoms with E-state index >= 15 is 0 Å². The molecule has 27 heavy (non-hydrogen) atoms. The monoisotopic (exact) mass is 370 g/mol. The second kappa shape index (κ2) is 9.07. The third-order valence-corrected chi connectivity index (χ3v) is 4.34. The maximum atomic E-state index is 13.1. The van der Waals surface area contributed by atoms with Gasteiger partial charge in [0, 0.05) is 31.3 Å². The number of halogens is 1. The van der Waals surface area contributed by atoms with Crippen LogP contribution >= 0.6 is 0 Å². The molecular formula is C21H23FN2O3. The van der Waals surface area contributed by atoms with Crippen molar-refractivity contribution >= 4 is 17.6 Å². The van der Waals surface area contributed by atoms with E-state index in [1.807, 2.05) is 13.8 Å². The first-order valence-corrected chi connectivity index (χ1v) is 8.81. The molecule has 0 saturated carbocycles. The van der Waals surface area contributed by atoms with Crippen molar-refractivity contribution in [3.05, 3.63) is 71.0 Å². The number of ketones is 1. The third kappa shape index (κ3) is 4.78. The lowest BCUT2D eigenvalue weighted by Crippen LogP contribution is -2.41. The van der Waals surface area contributed by atoms with Gasteiger partial charge in [-0.05, 0) is 44.2 Å². The lowest BCUT2D eigenvalue weighted by Gasteiger charge is -2.23. The summed E-state index contributed by atoms with van der Waals surface area (Å²) in [7, 11) is 1.53. The van der Waals surface area contributed by atoms with Gasteiger partial charge in [0.05, 0.1) is 12.1 Å². The normalized spacial score (nSPS) is 10.4. The Morgan fingerprint density at radius 1 is 0.889 bits per heavy atom. The van der Waals surface area contributed by atoms with Crippen LogP contribution in [-0.4, -0.2) is 54.1 Å². The smallest absolute Gasteiger partial charge is 0.254 e. The summed E-state index contributed by atoms with van der Waals surface area (Å²) in [6.07, 6.45) is 0. The van der Waals surface area contributed by atoms with Crippen LogP contribution in [0.2, 0.25) is 0 Å². The van der Waals surface area contributed by atoms with Gasteiger partial charge in [-0.1, -0.05) is 18.2 Å². The fraction of sp³-hybridized carbons (Fsp3) is 0.286. The van der Waals surface area contributed by atoms with Crippen molar-refractivity contribution in [3.8, 4) is 0 Å². The molecule has 2 aromatic carbocycles. The molecule has 0 spiro atoms. The Hall–Kier alpha value is -3.02. The molecule has 0 unspecified atom stereocenters. The first kappa shape index (κ1) is 20.3. The number of benzene rings is 2. The highest BCUT2D eigenvalue weighted by molar-refractivity contribution is 6.15. The standard InChI is InChI=1S/C21H23FN2O3/c1-4-24(5-2)19(25)14-23(3)21(27)18-9-7-6-8-17(18)20(26)15-10-12-16(22)13-11-15/h6-13H,4-5,14H2,1-3H3. The molecule has 2 rings (SSSR count). The topological polar surface area (TPSA) is 57.7 Å². The molecule has 0 aromatic heterocycles. The lowest BCUT2D eigenvalue weighted by molar-refractivity contribution is -0.131. The fourth-order valence-corrected chi connectivity index (χ4v) is 2.78. The van der Waals surface area contributed by atoms with Crippen molar-refractivity contribution in [2.24, 2.45) is 0 Å². The predicted octanol–water partition coefficient (Wildman–Crippen LogP) is 3.00. The van der Waals surface area contributed by atoms with Crippen LogP contribution in [0.3, 0.4) is 0 Å².